The molecule has 0 amide bonds. The number of halogens is 2. The number of guanidine groups is 1. The Kier molecular flexibility index (Phi) is 7.89. The van der Waals surface area contributed by atoms with Gasteiger partial charge in [-0.05, 0) is 36.2 Å². The molecule has 1 fully saturated rings. The van der Waals surface area contributed by atoms with Crippen molar-refractivity contribution < 1.29 is 4.39 Å². The standard InChI is InChI=1S/C22H27FN6.HI/c1-24-22(26-15-17-6-4-7-19(14-17)28-11-2-3-12-28)27-18-9-13-29(16-18)21-20(23)8-5-10-25-21;/h2-8,10,14,18H,9,11-13,15-16H2,1H3,(H2,24,26,27);1H. The fraction of sp³-hybridized carbons (Fsp3) is 0.364. The topological polar surface area (TPSA) is 55.8 Å². The van der Waals surface area contributed by atoms with Crippen LogP contribution in [0.5, 0.6) is 0 Å². The highest BCUT2D eigenvalue weighted by Gasteiger charge is 2.25. The molecule has 160 valence electrons. The van der Waals surface area contributed by atoms with Crippen molar-refractivity contribution >= 4 is 41.4 Å². The molecule has 1 aromatic heterocycles. The summed E-state index contributed by atoms with van der Waals surface area (Å²) in [5.74, 6) is 0.906. The first kappa shape index (κ1) is 22.3. The molecule has 8 heteroatoms. The number of anilines is 2. The number of hydrogen-bond donors (Lipinski definition) is 2. The fourth-order valence-corrected chi connectivity index (χ4v) is 3.81. The van der Waals surface area contributed by atoms with Crippen LogP contribution in [0.25, 0.3) is 0 Å². The van der Waals surface area contributed by atoms with E-state index in [-0.39, 0.29) is 35.8 Å². The lowest BCUT2D eigenvalue weighted by Gasteiger charge is -2.21. The molecule has 0 aliphatic carbocycles. The summed E-state index contributed by atoms with van der Waals surface area (Å²) in [7, 11) is 1.77. The average Bonchev–Trinajstić information content (AvgIpc) is 3.44. The third-order valence-electron chi connectivity index (χ3n) is 5.35. The Balaban J connectivity index is 0.00000256. The van der Waals surface area contributed by atoms with Gasteiger partial charge in [-0.3, -0.25) is 4.99 Å². The number of nitrogens with zero attached hydrogens (tertiary/aromatic N) is 4. The van der Waals surface area contributed by atoms with Crippen LogP contribution in [0.4, 0.5) is 15.9 Å². The molecular weight excluding hydrogens is 494 g/mol. The quantitative estimate of drug-likeness (QED) is 0.274. The Hall–Kier alpha value is -2.36. The van der Waals surface area contributed by atoms with Crippen molar-refractivity contribution in [1.82, 2.24) is 15.6 Å². The molecule has 0 radical (unpaired) electrons. The van der Waals surface area contributed by atoms with E-state index < -0.39 is 0 Å². The Labute approximate surface area is 194 Å². The van der Waals surface area contributed by atoms with Gasteiger partial charge >= 0.3 is 0 Å². The summed E-state index contributed by atoms with van der Waals surface area (Å²) in [4.78, 5) is 12.8. The molecule has 4 rings (SSSR count). The molecule has 2 N–H and O–H groups in total. The van der Waals surface area contributed by atoms with Crippen LogP contribution in [0.2, 0.25) is 0 Å². The zero-order chi connectivity index (χ0) is 20.1. The van der Waals surface area contributed by atoms with Crippen molar-refractivity contribution in [2.24, 2.45) is 4.99 Å². The first-order valence-electron chi connectivity index (χ1n) is 10.0. The van der Waals surface area contributed by atoms with E-state index in [1.807, 2.05) is 4.90 Å². The third kappa shape index (κ3) is 5.41. The molecule has 6 nitrogen and oxygen atoms in total. The number of aromatic nitrogens is 1. The van der Waals surface area contributed by atoms with Crippen LogP contribution in [-0.4, -0.2) is 50.2 Å². The number of pyridine rings is 1. The van der Waals surface area contributed by atoms with Crippen LogP contribution in [0, 0.1) is 5.82 Å². The molecule has 3 heterocycles. The maximum absolute atomic E-state index is 14.0. The molecule has 1 aromatic carbocycles. The van der Waals surface area contributed by atoms with Gasteiger partial charge in [0.1, 0.15) is 0 Å². The molecule has 1 saturated heterocycles. The molecule has 1 atom stereocenters. The van der Waals surface area contributed by atoms with Crippen molar-refractivity contribution in [3.63, 3.8) is 0 Å². The molecule has 2 aliphatic rings. The van der Waals surface area contributed by atoms with Gasteiger partial charge in [-0.25, -0.2) is 9.37 Å². The number of rotatable bonds is 5. The van der Waals surface area contributed by atoms with E-state index in [4.69, 9.17) is 0 Å². The average molecular weight is 522 g/mol. The predicted molar refractivity (Wildman–Crippen MR) is 131 cm³/mol. The lowest BCUT2D eigenvalue weighted by Crippen LogP contribution is -2.44. The number of hydrogen-bond acceptors (Lipinski definition) is 4. The SMILES string of the molecule is CN=C(NCc1cccc(N2CC=CC2)c1)NC1CCN(c2ncccc2F)C1.I. The van der Waals surface area contributed by atoms with E-state index in [1.165, 1.54) is 17.3 Å². The monoisotopic (exact) mass is 522 g/mol. The maximum Gasteiger partial charge on any atom is 0.191 e. The van der Waals surface area contributed by atoms with Gasteiger partial charge in [-0.1, -0.05) is 24.3 Å². The maximum atomic E-state index is 14.0. The van der Waals surface area contributed by atoms with E-state index in [0.29, 0.717) is 18.9 Å². The lowest BCUT2D eigenvalue weighted by molar-refractivity contribution is 0.612. The second kappa shape index (κ2) is 10.6. The van der Waals surface area contributed by atoms with Crippen LogP contribution >= 0.6 is 24.0 Å². The van der Waals surface area contributed by atoms with E-state index in [2.05, 4.69) is 61.9 Å². The van der Waals surface area contributed by atoms with E-state index in [1.54, 1.807) is 19.3 Å². The summed E-state index contributed by atoms with van der Waals surface area (Å²) in [5.41, 5.74) is 2.45. The highest BCUT2D eigenvalue weighted by atomic mass is 127. The first-order valence-corrected chi connectivity index (χ1v) is 10.0. The highest BCUT2D eigenvalue weighted by Crippen LogP contribution is 2.21. The molecule has 0 bridgehead atoms. The van der Waals surface area contributed by atoms with Gasteiger partial charge in [0, 0.05) is 57.7 Å². The van der Waals surface area contributed by atoms with Crippen molar-refractivity contribution in [1.29, 1.82) is 0 Å². The zero-order valence-corrected chi connectivity index (χ0v) is 19.4. The van der Waals surface area contributed by atoms with E-state index in [0.717, 1.165) is 32.0 Å². The normalized spacial score (nSPS) is 18.5. The summed E-state index contributed by atoms with van der Waals surface area (Å²) in [5, 5.41) is 6.84. The number of nitrogens with one attached hydrogen (secondary N) is 2. The minimum Gasteiger partial charge on any atom is -0.364 e. The highest BCUT2D eigenvalue weighted by molar-refractivity contribution is 14.0. The van der Waals surface area contributed by atoms with Crippen LogP contribution in [-0.2, 0) is 6.54 Å². The minimum absolute atomic E-state index is 0. The van der Waals surface area contributed by atoms with Gasteiger partial charge in [0.25, 0.3) is 0 Å². The van der Waals surface area contributed by atoms with E-state index in [9.17, 15) is 4.39 Å². The van der Waals surface area contributed by atoms with Crippen LogP contribution < -0.4 is 20.4 Å². The predicted octanol–water partition coefficient (Wildman–Crippen LogP) is 3.16. The van der Waals surface area contributed by atoms with Crippen molar-refractivity contribution in [2.75, 3.05) is 43.0 Å². The molecule has 1 unspecified atom stereocenters. The second-order valence-electron chi connectivity index (χ2n) is 7.36. The number of benzene rings is 1. The Morgan fingerprint density at radius 1 is 1.20 bits per heavy atom. The van der Waals surface area contributed by atoms with Gasteiger partial charge < -0.3 is 20.4 Å². The van der Waals surface area contributed by atoms with Gasteiger partial charge in [-0.15, -0.1) is 24.0 Å². The molecule has 30 heavy (non-hydrogen) atoms. The van der Waals surface area contributed by atoms with Gasteiger partial charge in [-0.2, -0.15) is 0 Å². The molecular formula is C22H28FIN6. The minimum atomic E-state index is -0.274. The van der Waals surface area contributed by atoms with Gasteiger partial charge in [0.05, 0.1) is 0 Å². The van der Waals surface area contributed by atoms with Crippen molar-refractivity contribution in [2.45, 2.75) is 19.0 Å². The summed E-state index contributed by atoms with van der Waals surface area (Å²) in [6.07, 6.45) is 6.93. The molecule has 2 aliphatic heterocycles. The Morgan fingerprint density at radius 2 is 2.03 bits per heavy atom. The van der Waals surface area contributed by atoms with E-state index >= 15 is 0 Å². The lowest BCUT2D eigenvalue weighted by atomic mass is 10.2. The Bertz CT molecular complexity index is 895. The van der Waals surface area contributed by atoms with Gasteiger partial charge in [0.15, 0.2) is 17.6 Å². The summed E-state index contributed by atoms with van der Waals surface area (Å²) in [6.45, 7) is 4.10. The fourth-order valence-electron chi connectivity index (χ4n) is 3.81. The molecule has 2 aromatic rings. The second-order valence-corrected chi connectivity index (χ2v) is 7.36. The van der Waals surface area contributed by atoms with Gasteiger partial charge in [0.2, 0.25) is 0 Å². The smallest absolute Gasteiger partial charge is 0.191 e. The molecule has 0 saturated carbocycles. The summed E-state index contributed by atoms with van der Waals surface area (Å²) >= 11 is 0. The largest absolute Gasteiger partial charge is 0.364 e. The van der Waals surface area contributed by atoms with Crippen molar-refractivity contribution in [3.05, 3.63) is 66.1 Å². The number of aliphatic imine (C=N–C) groups is 1. The van der Waals surface area contributed by atoms with Crippen LogP contribution in [0.1, 0.15) is 12.0 Å². The Morgan fingerprint density at radius 3 is 2.80 bits per heavy atom. The zero-order valence-electron chi connectivity index (χ0n) is 17.1. The summed E-state index contributed by atoms with van der Waals surface area (Å²) in [6, 6.07) is 11.8. The third-order valence-corrected chi connectivity index (χ3v) is 5.35. The van der Waals surface area contributed by atoms with Crippen LogP contribution in [0.3, 0.4) is 0 Å². The van der Waals surface area contributed by atoms with Crippen molar-refractivity contribution in [3.8, 4) is 0 Å². The van der Waals surface area contributed by atoms with Crippen LogP contribution in [0.15, 0.2) is 59.7 Å². The summed E-state index contributed by atoms with van der Waals surface area (Å²) < 4.78 is 14.0. The molecule has 0 spiro atoms. The first-order chi connectivity index (χ1) is 14.2.